The van der Waals surface area contributed by atoms with Gasteiger partial charge in [-0.15, -0.1) is 0 Å². The average molecular weight is 273 g/mol. The molecule has 1 aliphatic rings. The van der Waals surface area contributed by atoms with E-state index in [4.69, 9.17) is 14.6 Å². The SMILES string of the molecule is COC(C)c1nsc(N2CCOC(C(=O)O)C2)n1. The number of rotatable bonds is 4. The molecule has 0 aromatic carbocycles. The van der Waals surface area contributed by atoms with Crippen LogP contribution in [-0.2, 0) is 14.3 Å². The van der Waals surface area contributed by atoms with Gasteiger partial charge in [-0.05, 0) is 6.92 Å². The normalized spacial score (nSPS) is 21.9. The van der Waals surface area contributed by atoms with Crippen LogP contribution in [0.5, 0.6) is 0 Å². The number of carbonyl (C=O) groups is 1. The van der Waals surface area contributed by atoms with E-state index in [0.29, 0.717) is 30.7 Å². The van der Waals surface area contributed by atoms with Gasteiger partial charge in [0.2, 0.25) is 5.13 Å². The number of hydrogen-bond acceptors (Lipinski definition) is 7. The van der Waals surface area contributed by atoms with E-state index in [0.717, 1.165) is 0 Å². The monoisotopic (exact) mass is 273 g/mol. The minimum atomic E-state index is -0.949. The van der Waals surface area contributed by atoms with Gasteiger partial charge in [0.1, 0.15) is 6.10 Å². The lowest BCUT2D eigenvalue weighted by molar-refractivity contribution is -0.150. The van der Waals surface area contributed by atoms with Crippen LogP contribution in [0, 0.1) is 0 Å². The van der Waals surface area contributed by atoms with Gasteiger partial charge in [-0.1, -0.05) is 0 Å². The number of ether oxygens (including phenoxy) is 2. The fourth-order valence-electron chi connectivity index (χ4n) is 1.60. The van der Waals surface area contributed by atoms with Crippen molar-refractivity contribution in [2.75, 3.05) is 31.7 Å². The van der Waals surface area contributed by atoms with E-state index in [1.54, 1.807) is 7.11 Å². The molecule has 0 radical (unpaired) electrons. The molecule has 1 aromatic heterocycles. The zero-order valence-corrected chi connectivity index (χ0v) is 11.0. The quantitative estimate of drug-likeness (QED) is 0.856. The van der Waals surface area contributed by atoms with Crippen molar-refractivity contribution < 1.29 is 19.4 Å². The van der Waals surface area contributed by atoms with Gasteiger partial charge in [0.25, 0.3) is 0 Å². The highest BCUT2D eigenvalue weighted by molar-refractivity contribution is 7.09. The molecular formula is C10H15N3O4S. The maximum absolute atomic E-state index is 10.9. The molecule has 2 unspecified atom stereocenters. The largest absolute Gasteiger partial charge is 0.479 e. The lowest BCUT2D eigenvalue weighted by atomic mass is 10.3. The Morgan fingerprint density at radius 1 is 1.72 bits per heavy atom. The van der Waals surface area contributed by atoms with Gasteiger partial charge in [0.05, 0.1) is 13.2 Å². The van der Waals surface area contributed by atoms with Gasteiger partial charge in [0.15, 0.2) is 11.9 Å². The Labute approximate surface area is 109 Å². The molecule has 1 saturated heterocycles. The topological polar surface area (TPSA) is 84.8 Å². The molecule has 0 aliphatic carbocycles. The maximum Gasteiger partial charge on any atom is 0.334 e. The maximum atomic E-state index is 10.9. The Kier molecular flexibility index (Phi) is 4.10. The number of carboxylic acid groups (broad SMARTS) is 1. The van der Waals surface area contributed by atoms with Crippen LogP contribution in [0.4, 0.5) is 5.13 Å². The Morgan fingerprint density at radius 2 is 2.50 bits per heavy atom. The smallest absolute Gasteiger partial charge is 0.334 e. The van der Waals surface area contributed by atoms with E-state index in [2.05, 4.69) is 9.36 Å². The van der Waals surface area contributed by atoms with Gasteiger partial charge in [-0.2, -0.15) is 4.37 Å². The molecule has 7 nitrogen and oxygen atoms in total. The van der Waals surface area contributed by atoms with E-state index in [1.807, 2.05) is 11.8 Å². The summed E-state index contributed by atoms with van der Waals surface area (Å²) < 4.78 is 14.5. The summed E-state index contributed by atoms with van der Waals surface area (Å²) in [4.78, 5) is 17.1. The molecule has 2 heterocycles. The molecule has 0 saturated carbocycles. The molecular weight excluding hydrogens is 258 g/mol. The number of nitrogens with zero attached hydrogens (tertiary/aromatic N) is 3. The number of carboxylic acids is 1. The zero-order valence-electron chi connectivity index (χ0n) is 10.2. The molecule has 8 heteroatoms. The first-order valence-electron chi connectivity index (χ1n) is 5.57. The van der Waals surface area contributed by atoms with E-state index in [-0.39, 0.29) is 6.10 Å². The standard InChI is InChI=1S/C10H15N3O4S/c1-6(16-2)8-11-10(18-12-8)13-3-4-17-7(5-13)9(14)15/h6-7H,3-5H2,1-2H3,(H,14,15). The third kappa shape index (κ3) is 2.77. The van der Waals surface area contributed by atoms with Crippen LogP contribution in [0.15, 0.2) is 0 Å². The van der Waals surface area contributed by atoms with E-state index in [1.165, 1.54) is 11.5 Å². The molecule has 2 atom stereocenters. The molecule has 2 rings (SSSR count). The second-order valence-corrected chi connectivity index (χ2v) is 4.69. The van der Waals surface area contributed by atoms with Gasteiger partial charge in [-0.3, -0.25) is 0 Å². The van der Waals surface area contributed by atoms with Crippen LogP contribution in [0.2, 0.25) is 0 Å². The summed E-state index contributed by atoms with van der Waals surface area (Å²) in [6.07, 6.45) is -0.961. The van der Waals surface area contributed by atoms with E-state index >= 15 is 0 Å². The van der Waals surface area contributed by atoms with Gasteiger partial charge < -0.3 is 19.5 Å². The second kappa shape index (κ2) is 5.59. The Morgan fingerprint density at radius 3 is 3.17 bits per heavy atom. The highest BCUT2D eigenvalue weighted by atomic mass is 32.1. The Balaban J connectivity index is 2.06. The van der Waals surface area contributed by atoms with E-state index < -0.39 is 12.1 Å². The summed E-state index contributed by atoms with van der Waals surface area (Å²) in [6.45, 7) is 3.17. The highest BCUT2D eigenvalue weighted by Gasteiger charge is 2.28. The Bertz CT molecular complexity index is 425. The molecule has 1 fully saturated rings. The first kappa shape index (κ1) is 13.2. The number of anilines is 1. The molecule has 0 amide bonds. The molecule has 1 aromatic rings. The van der Waals surface area contributed by atoms with Crippen LogP contribution in [0.1, 0.15) is 18.9 Å². The van der Waals surface area contributed by atoms with Crippen LogP contribution in [0.3, 0.4) is 0 Å². The summed E-state index contributed by atoms with van der Waals surface area (Å²) in [5, 5.41) is 9.64. The second-order valence-electron chi connectivity index (χ2n) is 3.96. The average Bonchev–Trinajstić information content (AvgIpc) is 2.87. The highest BCUT2D eigenvalue weighted by Crippen LogP contribution is 2.23. The molecule has 100 valence electrons. The minimum absolute atomic E-state index is 0.161. The van der Waals surface area contributed by atoms with Crippen molar-refractivity contribution >= 4 is 22.6 Å². The van der Waals surface area contributed by atoms with Crippen LogP contribution < -0.4 is 4.90 Å². The van der Waals surface area contributed by atoms with Crippen molar-refractivity contribution in [3.8, 4) is 0 Å². The number of hydrogen-bond donors (Lipinski definition) is 1. The molecule has 18 heavy (non-hydrogen) atoms. The lowest BCUT2D eigenvalue weighted by Gasteiger charge is -2.30. The Hall–Kier alpha value is -1.25. The third-order valence-corrected chi connectivity index (χ3v) is 3.55. The van der Waals surface area contributed by atoms with Crippen molar-refractivity contribution in [3.63, 3.8) is 0 Å². The van der Waals surface area contributed by atoms with Gasteiger partial charge in [-0.25, -0.2) is 9.78 Å². The third-order valence-electron chi connectivity index (χ3n) is 2.76. The summed E-state index contributed by atoms with van der Waals surface area (Å²) in [6, 6.07) is 0. The van der Waals surface area contributed by atoms with Crippen molar-refractivity contribution in [1.82, 2.24) is 9.36 Å². The van der Waals surface area contributed by atoms with Crippen molar-refractivity contribution in [3.05, 3.63) is 5.82 Å². The fraction of sp³-hybridized carbons (Fsp3) is 0.700. The molecule has 1 aliphatic heterocycles. The zero-order chi connectivity index (χ0) is 13.1. The lowest BCUT2D eigenvalue weighted by Crippen LogP contribution is -2.46. The first-order chi connectivity index (χ1) is 8.61. The van der Waals surface area contributed by atoms with E-state index in [9.17, 15) is 4.79 Å². The van der Waals surface area contributed by atoms with Gasteiger partial charge in [0, 0.05) is 25.2 Å². The molecule has 1 N–H and O–H groups in total. The summed E-state index contributed by atoms with van der Waals surface area (Å²) in [5.74, 6) is -0.328. The number of methoxy groups -OCH3 is 1. The summed E-state index contributed by atoms with van der Waals surface area (Å²) in [5.41, 5.74) is 0. The van der Waals surface area contributed by atoms with Crippen molar-refractivity contribution in [2.45, 2.75) is 19.1 Å². The molecule has 0 bridgehead atoms. The van der Waals surface area contributed by atoms with Crippen LogP contribution >= 0.6 is 11.5 Å². The molecule has 0 spiro atoms. The summed E-state index contributed by atoms with van der Waals surface area (Å²) in [7, 11) is 1.60. The number of morpholine rings is 1. The van der Waals surface area contributed by atoms with Crippen molar-refractivity contribution in [2.24, 2.45) is 0 Å². The first-order valence-corrected chi connectivity index (χ1v) is 6.35. The van der Waals surface area contributed by atoms with Crippen molar-refractivity contribution in [1.29, 1.82) is 0 Å². The minimum Gasteiger partial charge on any atom is -0.479 e. The van der Waals surface area contributed by atoms with Crippen LogP contribution in [0.25, 0.3) is 0 Å². The van der Waals surface area contributed by atoms with Crippen LogP contribution in [-0.4, -0.2) is 53.3 Å². The predicted molar refractivity (Wildman–Crippen MR) is 64.9 cm³/mol. The number of aromatic nitrogens is 2. The fourth-order valence-corrected chi connectivity index (χ4v) is 2.38. The number of aliphatic carboxylic acids is 1. The summed E-state index contributed by atoms with van der Waals surface area (Å²) >= 11 is 1.25. The predicted octanol–water partition coefficient (Wildman–Crippen LogP) is 0.535. The van der Waals surface area contributed by atoms with Gasteiger partial charge >= 0.3 is 5.97 Å².